The highest BCUT2D eigenvalue weighted by atomic mass is 16.2. The number of benzene rings is 2. The van der Waals surface area contributed by atoms with Gasteiger partial charge in [-0.05, 0) is 75.0 Å². The number of carbonyl (C=O) groups excluding carboxylic acids is 2. The van der Waals surface area contributed by atoms with Gasteiger partial charge in [-0.15, -0.1) is 0 Å². The van der Waals surface area contributed by atoms with Crippen LogP contribution in [0.4, 0.5) is 0 Å². The van der Waals surface area contributed by atoms with Gasteiger partial charge in [-0.1, -0.05) is 49.4 Å². The summed E-state index contributed by atoms with van der Waals surface area (Å²) >= 11 is 0. The van der Waals surface area contributed by atoms with Gasteiger partial charge in [0.05, 0.1) is 10.9 Å². The molecular weight excluding hydrogens is 504 g/mol. The molecule has 1 saturated heterocycles. The summed E-state index contributed by atoms with van der Waals surface area (Å²) < 4.78 is 2.81. The number of carbonyl (C=O) groups is 2. The van der Waals surface area contributed by atoms with E-state index in [2.05, 4.69) is 12.2 Å². The first-order valence-corrected chi connectivity index (χ1v) is 14.8. The highest BCUT2D eigenvalue weighted by Crippen LogP contribution is 2.30. The molecular formula is C32H40N4O4. The van der Waals surface area contributed by atoms with Crippen molar-refractivity contribution in [3.05, 3.63) is 81.0 Å². The highest BCUT2D eigenvalue weighted by molar-refractivity contribution is 5.82. The van der Waals surface area contributed by atoms with Gasteiger partial charge in [0, 0.05) is 31.6 Å². The minimum atomic E-state index is -0.426. The fraction of sp³-hybridized carbons (Fsp3) is 0.500. The van der Waals surface area contributed by atoms with E-state index in [4.69, 9.17) is 0 Å². The number of hydrogen-bond donors (Lipinski definition) is 1. The van der Waals surface area contributed by atoms with Crippen molar-refractivity contribution in [2.45, 2.75) is 84.0 Å². The molecule has 5 rings (SSSR count). The monoisotopic (exact) mass is 544 g/mol. The summed E-state index contributed by atoms with van der Waals surface area (Å²) in [6, 6.07) is 17.1. The van der Waals surface area contributed by atoms with Gasteiger partial charge < -0.3 is 10.2 Å². The lowest BCUT2D eigenvalue weighted by Gasteiger charge is -2.35. The van der Waals surface area contributed by atoms with E-state index in [0.717, 1.165) is 56.9 Å². The Bertz CT molecular complexity index is 1450. The third kappa shape index (κ3) is 6.06. The Hall–Kier alpha value is -3.68. The van der Waals surface area contributed by atoms with E-state index >= 15 is 0 Å². The van der Waals surface area contributed by atoms with E-state index in [-0.39, 0.29) is 41.8 Å². The Morgan fingerprint density at radius 2 is 1.60 bits per heavy atom. The maximum Gasteiger partial charge on any atom is 0.331 e. The van der Waals surface area contributed by atoms with Crippen LogP contribution in [0.3, 0.4) is 0 Å². The zero-order valence-electron chi connectivity index (χ0n) is 23.4. The zero-order valence-corrected chi connectivity index (χ0v) is 23.4. The topological polar surface area (TPSA) is 93.4 Å². The van der Waals surface area contributed by atoms with E-state index in [0.29, 0.717) is 30.5 Å². The Balaban J connectivity index is 1.30. The van der Waals surface area contributed by atoms with Crippen LogP contribution in [-0.4, -0.2) is 38.4 Å². The van der Waals surface area contributed by atoms with Crippen LogP contribution in [-0.2, 0) is 29.2 Å². The number of hydrogen-bond acceptors (Lipinski definition) is 4. The van der Waals surface area contributed by atoms with Gasteiger partial charge in [0.1, 0.15) is 6.54 Å². The second kappa shape index (κ2) is 12.7. The molecule has 1 N–H and O–H groups in total. The van der Waals surface area contributed by atoms with Crippen molar-refractivity contribution in [2.24, 2.45) is 11.8 Å². The van der Waals surface area contributed by atoms with Crippen molar-refractivity contribution >= 4 is 22.7 Å². The van der Waals surface area contributed by atoms with Crippen LogP contribution >= 0.6 is 0 Å². The molecule has 2 aliphatic rings. The Kier molecular flexibility index (Phi) is 8.82. The molecule has 0 radical (unpaired) electrons. The molecule has 40 heavy (non-hydrogen) atoms. The van der Waals surface area contributed by atoms with Crippen LogP contribution in [0.25, 0.3) is 10.9 Å². The Morgan fingerprint density at radius 1 is 0.875 bits per heavy atom. The molecule has 2 aromatic carbocycles. The summed E-state index contributed by atoms with van der Waals surface area (Å²) in [5.74, 6) is 0.0687. The maximum atomic E-state index is 13.7. The number of aromatic nitrogens is 2. The summed E-state index contributed by atoms with van der Waals surface area (Å²) in [6.45, 7) is 3.56. The maximum absolute atomic E-state index is 13.7. The highest BCUT2D eigenvalue weighted by Gasteiger charge is 2.29. The van der Waals surface area contributed by atoms with Crippen molar-refractivity contribution in [2.75, 3.05) is 6.54 Å². The molecule has 0 bridgehead atoms. The van der Waals surface area contributed by atoms with Crippen LogP contribution in [0, 0.1) is 11.8 Å². The summed E-state index contributed by atoms with van der Waals surface area (Å²) in [6.07, 6.45) is 6.98. The van der Waals surface area contributed by atoms with E-state index in [1.54, 1.807) is 24.3 Å². The SMILES string of the molecule is CCC1CCCCN1C(=O)Cn1c(=O)n(CC2CCC(C(=O)NCc3ccccc3)CC2)c(=O)c2ccccc21. The number of likely N-dealkylation sites (tertiary alicyclic amines) is 1. The molecule has 1 aromatic heterocycles. The van der Waals surface area contributed by atoms with E-state index < -0.39 is 5.69 Å². The normalized spacial score (nSPS) is 21.3. The molecule has 3 aromatic rings. The number of amides is 2. The summed E-state index contributed by atoms with van der Waals surface area (Å²) in [7, 11) is 0. The molecule has 1 aliphatic carbocycles. The number of para-hydroxylation sites is 1. The van der Waals surface area contributed by atoms with Gasteiger partial charge in [-0.25, -0.2) is 4.79 Å². The Morgan fingerprint density at radius 3 is 2.35 bits per heavy atom. The average Bonchev–Trinajstić information content (AvgIpc) is 3.00. The second-order valence-corrected chi connectivity index (χ2v) is 11.4. The van der Waals surface area contributed by atoms with E-state index in [9.17, 15) is 19.2 Å². The van der Waals surface area contributed by atoms with Gasteiger partial charge in [0.15, 0.2) is 0 Å². The molecule has 2 amide bonds. The number of nitrogens with zero attached hydrogens (tertiary/aromatic N) is 3. The molecule has 8 nitrogen and oxygen atoms in total. The second-order valence-electron chi connectivity index (χ2n) is 11.4. The summed E-state index contributed by atoms with van der Waals surface area (Å²) in [5, 5.41) is 3.50. The molecule has 212 valence electrons. The molecule has 2 fully saturated rings. The average molecular weight is 545 g/mol. The van der Waals surface area contributed by atoms with E-state index in [1.807, 2.05) is 35.2 Å². The van der Waals surface area contributed by atoms with Gasteiger partial charge in [-0.3, -0.25) is 23.5 Å². The number of nitrogens with one attached hydrogen (secondary N) is 1. The van der Waals surface area contributed by atoms with Crippen LogP contribution in [0.2, 0.25) is 0 Å². The molecule has 1 aliphatic heterocycles. The lowest BCUT2D eigenvalue weighted by Crippen LogP contribution is -2.48. The predicted molar refractivity (Wildman–Crippen MR) is 156 cm³/mol. The number of piperidine rings is 1. The number of fused-ring (bicyclic) bond motifs is 1. The van der Waals surface area contributed by atoms with Crippen LogP contribution in [0.5, 0.6) is 0 Å². The molecule has 8 heteroatoms. The summed E-state index contributed by atoms with van der Waals surface area (Å²) in [4.78, 5) is 55.3. The smallest absolute Gasteiger partial charge is 0.331 e. The first kappa shape index (κ1) is 27.9. The van der Waals surface area contributed by atoms with Crippen molar-refractivity contribution in [3.8, 4) is 0 Å². The predicted octanol–water partition coefficient (Wildman–Crippen LogP) is 4.08. The minimum absolute atomic E-state index is 0.0568. The molecule has 1 saturated carbocycles. The first-order chi connectivity index (χ1) is 19.5. The fourth-order valence-electron chi connectivity index (χ4n) is 6.46. The quantitative estimate of drug-likeness (QED) is 0.463. The largest absolute Gasteiger partial charge is 0.352 e. The third-order valence-corrected chi connectivity index (χ3v) is 8.81. The van der Waals surface area contributed by atoms with Crippen molar-refractivity contribution in [1.29, 1.82) is 0 Å². The van der Waals surface area contributed by atoms with Gasteiger partial charge in [0.2, 0.25) is 11.8 Å². The van der Waals surface area contributed by atoms with Gasteiger partial charge in [0.25, 0.3) is 5.56 Å². The van der Waals surface area contributed by atoms with Crippen LogP contribution in [0.1, 0.15) is 63.9 Å². The van der Waals surface area contributed by atoms with Gasteiger partial charge in [-0.2, -0.15) is 0 Å². The van der Waals surface area contributed by atoms with Crippen LogP contribution in [0.15, 0.2) is 64.2 Å². The molecule has 1 atom stereocenters. The standard InChI is InChI=1S/C32H40N4O4/c1-2-26-12-8-9-19-34(26)29(37)22-35-28-14-7-6-13-27(28)31(39)36(32(35)40)21-24-15-17-25(18-16-24)30(38)33-20-23-10-4-3-5-11-23/h3-7,10-11,13-14,24-26H,2,8-9,12,15-22H2,1H3,(H,33,38). The lowest BCUT2D eigenvalue weighted by molar-refractivity contribution is -0.135. The van der Waals surface area contributed by atoms with Crippen molar-refractivity contribution in [1.82, 2.24) is 19.4 Å². The molecule has 2 heterocycles. The lowest BCUT2D eigenvalue weighted by atomic mass is 9.81. The van der Waals surface area contributed by atoms with Crippen molar-refractivity contribution < 1.29 is 9.59 Å². The van der Waals surface area contributed by atoms with Crippen molar-refractivity contribution in [3.63, 3.8) is 0 Å². The third-order valence-electron chi connectivity index (χ3n) is 8.81. The fourth-order valence-corrected chi connectivity index (χ4v) is 6.46. The van der Waals surface area contributed by atoms with E-state index in [1.165, 1.54) is 9.13 Å². The Labute approximate surface area is 235 Å². The minimum Gasteiger partial charge on any atom is -0.352 e. The van der Waals surface area contributed by atoms with Gasteiger partial charge >= 0.3 is 5.69 Å². The first-order valence-electron chi connectivity index (χ1n) is 14.8. The summed E-state index contributed by atoms with van der Waals surface area (Å²) in [5.41, 5.74) is 0.840. The molecule has 0 spiro atoms. The molecule has 1 unspecified atom stereocenters. The number of rotatable bonds is 8. The van der Waals surface area contributed by atoms with Crippen LogP contribution < -0.4 is 16.6 Å². The zero-order chi connectivity index (χ0) is 28.1.